The van der Waals surface area contributed by atoms with Gasteiger partial charge in [0.15, 0.2) is 0 Å². The molecule has 0 unspecified atom stereocenters. The molecule has 0 spiro atoms. The minimum absolute atomic E-state index is 0.238. The van der Waals surface area contributed by atoms with Gasteiger partial charge in [-0.1, -0.05) is 11.6 Å². The van der Waals surface area contributed by atoms with Crippen molar-refractivity contribution < 1.29 is 29.3 Å². The number of nitrogens with one attached hydrogen (secondary N) is 1. The van der Waals surface area contributed by atoms with E-state index < -0.39 is 11.9 Å². The Bertz CT molecular complexity index is 1020. The molecule has 2 aromatic carbocycles. The molecule has 1 amide bonds. The molecule has 0 saturated carbocycles. The first-order valence-electron chi connectivity index (χ1n) is 10.4. The largest absolute Gasteiger partial charge is 0.508 e. The molecule has 3 N–H and O–H groups in total. The number of fused-ring (bicyclic) bond motifs is 1. The lowest BCUT2D eigenvalue weighted by Gasteiger charge is -2.22. The van der Waals surface area contributed by atoms with Gasteiger partial charge in [-0.05, 0) is 79.8 Å². The minimum atomic E-state index is -1.55. The number of carbonyl (C=O) groups is 2. The maximum absolute atomic E-state index is 11.6. The first kappa shape index (κ1) is 21.5. The first-order valence-corrected chi connectivity index (χ1v) is 10.8. The smallest absolute Gasteiger partial charge is 0.394 e. The van der Waals surface area contributed by atoms with Crippen molar-refractivity contribution in [2.24, 2.45) is 5.92 Å². The van der Waals surface area contributed by atoms with E-state index in [1.54, 1.807) is 12.1 Å². The second kappa shape index (κ2) is 9.16. The molecule has 164 valence electrons. The zero-order chi connectivity index (χ0) is 22.0. The number of benzene rings is 2. The van der Waals surface area contributed by atoms with Crippen LogP contribution in [-0.2, 0) is 33.6 Å². The van der Waals surface area contributed by atoms with Gasteiger partial charge in [-0.3, -0.25) is 4.79 Å². The molecule has 1 aliphatic heterocycles. The van der Waals surface area contributed by atoms with Gasteiger partial charge in [0.1, 0.15) is 17.2 Å². The van der Waals surface area contributed by atoms with Crippen LogP contribution in [0.15, 0.2) is 24.3 Å². The lowest BCUT2D eigenvalue weighted by molar-refractivity contribution is -0.147. The number of amides is 1. The number of carbonyl (C=O) groups excluding carboxylic acids is 1. The lowest BCUT2D eigenvalue weighted by atomic mass is 9.92. The van der Waals surface area contributed by atoms with E-state index in [-0.39, 0.29) is 5.75 Å². The summed E-state index contributed by atoms with van der Waals surface area (Å²) in [5.74, 6) is -0.885. The van der Waals surface area contributed by atoms with Crippen molar-refractivity contribution >= 4 is 29.2 Å². The molecule has 0 radical (unpaired) electrons. The molecule has 7 nitrogen and oxygen atoms in total. The number of hydrogen-bond donors (Lipinski definition) is 3. The van der Waals surface area contributed by atoms with Gasteiger partial charge in [-0.15, -0.1) is 0 Å². The van der Waals surface area contributed by atoms with E-state index in [0.717, 1.165) is 55.6 Å². The molecule has 0 aromatic heterocycles. The van der Waals surface area contributed by atoms with Crippen molar-refractivity contribution in [2.45, 2.75) is 38.5 Å². The van der Waals surface area contributed by atoms with Gasteiger partial charge in [0.25, 0.3) is 0 Å². The summed E-state index contributed by atoms with van der Waals surface area (Å²) < 4.78 is 11.6. The van der Waals surface area contributed by atoms with E-state index in [1.807, 2.05) is 6.07 Å². The molecule has 0 atom stereocenters. The molecular formula is C23H24ClNO6. The van der Waals surface area contributed by atoms with Gasteiger partial charge in [0.05, 0.1) is 5.02 Å². The van der Waals surface area contributed by atoms with Crippen molar-refractivity contribution in [2.75, 3.05) is 18.5 Å². The quantitative estimate of drug-likeness (QED) is 0.592. The van der Waals surface area contributed by atoms with Crippen molar-refractivity contribution in [3.05, 3.63) is 46.0 Å². The molecule has 4 rings (SSSR count). The topological polar surface area (TPSA) is 105 Å². The lowest BCUT2D eigenvalue weighted by Crippen LogP contribution is -2.22. The molecule has 1 fully saturated rings. The predicted molar refractivity (Wildman–Crippen MR) is 115 cm³/mol. The fourth-order valence-electron chi connectivity index (χ4n) is 4.28. The normalized spacial score (nSPS) is 16.0. The van der Waals surface area contributed by atoms with Crippen LogP contribution in [0.1, 0.15) is 36.0 Å². The maximum atomic E-state index is 11.6. The summed E-state index contributed by atoms with van der Waals surface area (Å²) in [5.41, 5.74) is 2.94. The monoisotopic (exact) mass is 445 g/mol. The molecular weight excluding hydrogens is 422 g/mol. The number of halogens is 1. The van der Waals surface area contributed by atoms with Crippen LogP contribution >= 0.6 is 11.6 Å². The highest BCUT2D eigenvalue weighted by molar-refractivity contribution is 6.37. The summed E-state index contributed by atoms with van der Waals surface area (Å²) in [4.78, 5) is 22.5. The highest BCUT2D eigenvalue weighted by Gasteiger charge is 2.25. The van der Waals surface area contributed by atoms with E-state index in [9.17, 15) is 14.7 Å². The minimum Gasteiger partial charge on any atom is -0.508 e. The molecule has 1 heterocycles. The van der Waals surface area contributed by atoms with Gasteiger partial charge >= 0.3 is 11.9 Å². The third-order valence-electron chi connectivity index (χ3n) is 5.87. The average molecular weight is 446 g/mol. The van der Waals surface area contributed by atoms with Crippen LogP contribution in [0.3, 0.4) is 0 Å². The van der Waals surface area contributed by atoms with E-state index >= 15 is 0 Å². The Labute approximate surface area is 184 Å². The molecule has 1 aliphatic carbocycles. The molecule has 31 heavy (non-hydrogen) atoms. The Morgan fingerprint density at radius 1 is 1.16 bits per heavy atom. The third kappa shape index (κ3) is 4.78. The number of phenols is 1. The van der Waals surface area contributed by atoms with E-state index in [1.165, 1.54) is 6.07 Å². The van der Waals surface area contributed by atoms with Crippen LogP contribution in [0.4, 0.5) is 5.69 Å². The standard InChI is InChI=1S/C23H24ClNO6/c24-18-12-19(25-22(27)23(28)29)16-2-1-3-17(16)21(18)31-15-4-5-20(26)14(11-15)10-13-6-8-30-9-7-13/h4-5,11-13,26H,1-3,6-10H2,(H,25,27)(H,28,29). The summed E-state index contributed by atoms with van der Waals surface area (Å²) in [5, 5.41) is 21.9. The van der Waals surface area contributed by atoms with Crippen molar-refractivity contribution in [1.82, 2.24) is 0 Å². The molecule has 0 bridgehead atoms. The van der Waals surface area contributed by atoms with Gasteiger partial charge < -0.3 is 25.0 Å². The Morgan fingerprint density at radius 3 is 2.65 bits per heavy atom. The van der Waals surface area contributed by atoms with Crippen molar-refractivity contribution in [1.29, 1.82) is 0 Å². The number of rotatable bonds is 5. The van der Waals surface area contributed by atoms with Crippen LogP contribution < -0.4 is 10.1 Å². The summed E-state index contributed by atoms with van der Waals surface area (Å²) >= 11 is 6.47. The van der Waals surface area contributed by atoms with Gasteiger partial charge in [0, 0.05) is 24.5 Å². The average Bonchev–Trinajstić information content (AvgIpc) is 3.24. The fourth-order valence-corrected chi connectivity index (χ4v) is 4.54. The Morgan fingerprint density at radius 2 is 1.90 bits per heavy atom. The van der Waals surface area contributed by atoms with Gasteiger partial charge in [0.2, 0.25) is 0 Å². The number of ether oxygens (including phenoxy) is 2. The zero-order valence-corrected chi connectivity index (χ0v) is 17.7. The van der Waals surface area contributed by atoms with E-state index in [0.29, 0.717) is 41.0 Å². The van der Waals surface area contributed by atoms with Gasteiger partial charge in [-0.2, -0.15) is 0 Å². The molecule has 2 aromatic rings. The summed E-state index contributed by atoms with van der Waals surface area (Å²) in [6.07, 6.45) is 4.95. The van der Waals surface area contributed by atoms with Crippen LogP contribution in [-0.4, -0.2) is 35.3 Å². The molecule has 2 aliphatic rings. The van der Waals surface area contributed by atoms with Crippen LogP contribution in [0.5, 0.6) is 17.2 Å². The second-order valence-corrected chi connectivity index (χ2v) is 8.36. The zero-order valence-electron chi connectivity index (χ0n) is 16.9. The van der Waals surface area contributed by atoms with Crippen molar-refractivity contribution in [3.63, 3.8) is 0 Å². The number of phenolic OH excluding ortho intramolecular Hbond substituents is 1. The van der Waals surface area contributed by atoms with E-state index in [2.05, 4.69) is 5.32 Å². The number of aliphatic carboxylic acids is 1. The number of anilines is 1. The van der Waals surface area contributed by atoms with Gasteiger partial charge in [-0.25, -0.2) is 4.79 Å². The summed E-state index contributed by atoms with van der Waals surface area (Å²) in [6, 6.07) is 6.69. The maximum Gasteiger partial charge on any atom is 0.394 e. The summed E-state index contributed by atoms with van der Waals surface area (Å²) in [7, 11) is 0. The molecule has 8 heteroatoms. The highest BCUT2D eigenvalue weighted by atomic mass is 35.5. The second-order valence-electron chi connectivity index (χ2n) is 7.96. The fraction of sp³-hybridized carbons (Fsp3) is 0.391. The van der Waals surface area contributed by atoms with E-state index in [4.69, 9.17) is 26.2 Å². The number of carboxylic acid groups (broad SMARTS) is 1. The Kier molecular flexibility index (Phi) is 6.34. The summed E-state index contributed by atoms with van der Waals surface area (Å²) in [6.45, 7) is 1.49. The number of aromatic hydroxyl groups is 1. The van der Waals surface area contributed by atoms with Crippen LogP contribution in [0.2, 0.25) is 5.02 Å². The predicted octanol–water partition coefficient (Wildman–Crippen LogP) is 4.32. The van der Waals surface area contributed by atoms with Crippen LogP contribution in [0, 0.1) is 5.92 Å². The SMILES string of the molecule is O=C(O)C(=O)Nc1cc(Cl)c(Oc2ccc(O)c(CC3CCOCC3)c2)c2c1CCC2. The number of hydrogen-bond acceptors (Lipinski definition) is 5. The molecule has 1 saturated heterocycles. The highest BCUT2D eigenvalue weighted by Crippen LogP contribution is 2.43. The van der Waals surface area contributed by atoms with Crippen molar-refractivity contribution in [3.8, 4) is 17.2 Å². The first-order chi connectivity index (χ1) is 14.9. The Balaban J connectivity index is 1.59. The Hall–Kier alpha value is -2.77. The number of carboxylic acids is 1. The van der Waals surface area contributed by atoms with Crippen LogP contribution in [0.25, 0.3) is 0 Å². The third-order valence-corrected chi connectivity index (χ3v) is 6.15.